The number of nitrogens with zero attached hydrogens (tertiary/aromatic N) is 3. The lowest BCUT2D eigenvalue weighted by atomic mass is 10.1. The van der Waals surface area contributed by atoms with Gasteiger partial charge in [-0.3, -0.25) is 4.98 Å². The topological polar surface area (TPSA) is 88.0 Å². The number of pyridine rings is 1. The van der Waals surface area contributed by atoms with Crippen LogP contribution in [-0.4, -0.2) is 26.0 Å². The Bertz CT molecular complexity index is 790. The average molecular weight is 280 g/mol. The van der Waals surface area contributed by atoms with Gasteiger partial charge in [-0.25, -0.2) is 14.8 Å². The summed E-state index contributed by atoms with van der Waals surface area (Å²) in [6.07, 6.45) is 3.14. The van der Waals surface area contributed by atoms with Crippen LogP contribution in [0.5, 0.6) is 0 Å². The second-order valence-corrected chi connectivity index (χ2v) is 4.43. The van der Waals surface area contributed by atoms with Crippen LogP contribution in [0.3, 0.4) is 0 Å². The van der Waals surface area contributed by atoms with E-state index in [0.717, 1.165) is 11.1 Å². The van der Waals surface area contributed by atoms with Gasteiger partial charge in [-0.1, -0.05) is 6.07 Å². The molecule has 6 heteroatoms. The molecule has 0 saturated heterocycles. The van der Waals surface area contributed by atoms with Crippen LogP contribution in [-0.2, 0) is 6.54 Å². The molecule has 0 aliphatic heterocycles. The molecular formula is C15H12N4O2. The molecule has 2 heterocycles. The number of aromatic nitrogens is 3. The third kappa shape index (κ3) is 2.79. The maximum absolute atomic E-state index is 11.0. The summed E-state index contributed by atoms with van der Waals surface area (Å²) in [4.78, 5) is 23.5. The van der Waals surface area contributed by atoms with Crippen molar-refractivity contribution >= 4 is 22.7 Å². The summed E-state index contributed by atoms with van der Waals surface area (Å²) in [7, 11) is 0. The highest BCUT2D eigenvalue weighted by atomic mass is 16.4. The van der Waals surface area contributed by atoms with Crippen LogP contribution in [0.1, 0.15) is 16.1 Å². The summed E-state index contributed by atoms with van der Waals surface area (Å²) < 4.78 is 0. The summed E-state index contributed by atoms with van der Waals surface area (Å²) in [5.74, 6) is -0.318. The standard InChI is InChI=1S/C15H12N4O2/c20-15(21)10-4-5-12-13(7-10)18-9-19-14(12)17-8-11-3-1-2-6-16-11/h1-7,9H,8H2,(H,20,21)(H,17,18,19). The van der Waals surface area contributed by atoms with E-state index in [0.29, 0.717) is 17.9 Å². The molecule has 0 aliphatic carbocycles. The highest BCUT2D eigenvalue weighted by Gasteiger charge is 2.08. The maximum atomic E-state index is 11.0. The van der Waals surface area contributed by atoms with Crippen LogP contribution in [0.15, 0.2) is 48.9 Å². The normalized spacial score (nSPS) is 10.5. The lowest BCUT2D eigenvalue weighted by molar-refractivity contribution is 0.0697. The Kier molecular flexibility index (Phi) is 3.42. The number of carboxylic acids is 1. The fourth-order valence-corrected chi connectivity index (χ4v) is 2.01. The molecule has 0 atom stereocenters. The highest BCUT2D eigenvalue weighted by molar-refractivity contribution is 5.96. The number of hydrogen-bond acceptors (Lipinski definition) is 5. The third-order valence-corrected chi connectivity index (χ3v) is 3.05. The van der Waals surface area contributed by atoms with Gasteiger partial charge in [0.05, 0.1) is 23.3 Å². The van der Waals surface area contributed by atoms with Crippen LogP contribution in [0.25, 0.3) is 10.9 Å². The zero-order valence-corrected chi connectivity index (χ0v) is 11.0. The van der Waals surface area contributed by atoms with E-state index in [1.165, 1.54) is 12.4 Å². The van der Waals surface area contributed by atoms with E-state index >= 15 is 0 Å². The minimum Gasteiger partial charge on any atom is -0.478 e. The molecule has 6 nitrogen and oxygen atoms in total. The van der Waals surface area contributed by atoms with E-state index in [-0.39, 0.29) is 5.56 Å². The summed E-state index contributed by atoms with van der Waals surface area (Å²) in [6.45, 7) is 0.535. The molecule has 0 saturated carbocycles. The summed E-state index contributed by atoms with van der Waals surface area (Å²) in [5.41, 5.74) is 1.69. The average Bonchev–Trinajstić information content (AvgIpc) is 2.53. The molecule has 2 aromatic heterocycles. The molecule has 0 unspecified atom stereocenters. The number of anilines is 1. The van der Waals surface area contributed by atoms with Gasteiger partial charge in [-0.05, 0) is 30.3 Å². The lowest BCUT2D eigenvalue weighted by Gasteiger charge is -2.08. The summed E-state index contributed by atoms with van der Waals surface area (Å²) in [5, 5.41) is 13.0. The summed E-state index contributed by atoms with van der Waals surface area (Å²) >= 11 is 0. The lowest BCUT2D eigenvalue weighted by Crippen LogP contribution is -2.04. The first-order valence-electron chi connectivity index (χ1n) is 6.36. The molecule has 0 fully saturated rings. The van der Waals surface area contributed by atoms with Gasteiger partial charge in [-0.2, -0.15) is 0 Å². The van der Waals surface area contributed by atoms with Crippen molar-refractivity contribution in [1.29, 1.82) is 0 Å². The minimum absolute atomic E-state index is 0.205. The zero-order chi connectivity index (χ0) is 14.7. The SMILES string of the molecule is O=C(O)c1ccc2c(NCc3ccccn3)ncnc2c1. The first-order chi connectivity index (χ1) is 10.2. The number of carboxylic acid groups (broad SMARTS) is 1. The van der Waals surface area contributed by atoms with Crippen molar-refractivity contribution in [3.05, 3.63) is 60.2 Å². The molecule has 0 radical (unpaired) electrons. The van der Waals surface area contributed by atoms with Gasteiger partial charge in [0.2, 0.25) is 0 Å². The largest absolute Gasteiger partial charge is 0.478 e. The van der Waals surface area contributed by atoms with E-state index in [2.05, 4.69) is 20.3 Å². The maximum Gasteiger partial charge on any atom is 0.335 e. The molecule has 2 N–H and O–H groups in total. The fourth-order valence-electron chi connectivity index (χ4n) is 2.01. The molecule has 1 aromatic carbocycles. The van der Waals surface area contributed by atoms with Crippen molar-refractivity contribution in [2.45, 2.75) is 6.54 Å². The van der Waals surface area contributed by atoms with E-state index in [4.69, 9.17) is 5.11 Å². The number of nitrogens with one attached hydrogen (secondary N) is 1. The highest BCUT2D eigenvalue weighted by Crippen LogP contribution is 2.20. The molecule has 3 rings (SSSR count). The predicted octanol–water partition coefficient (Wildman–Crippen LogP) is 2.34. The molecule has 104 valence electrons. The fraction of sp³-hybridized carbons (Fsp3) is 0.0667. The van der Waals surface area contributed by atoms with E-state index < -0.39 is 5.97 Å². The second-order valence-electron chi connectivity index (χ2n) is 4.43. The van der Waals surface area contributed by atoms with Gasteiger partial charge in [0.15, 0.2) is 0 Å². The van der Waals surface area contributed by atoms with Crippen LogP contribution < -0.4 is 5.32 Å². The Morgan fingerprint density at radius 2 is 2.05 bits per heavy atom. The van der Waals surface area contributed by atoms with Gasteiger partial charge in [0, 0.05) is 11.6 Å². The van der Waals surface area contributed by atoms with Crippen LogP contribution in [0.4, 0.5) is 5.82 Å². The molecule has 0 aliphatic rings. The second kappa shape index (κ2) is 5.54. The number of carbonyl (C=O) groups is 1. The number of hydrogen-bond donors (Lipinski definition) is 2. The quantitative estimate of drug-likeness (QED) is 0.762. The number of aromatic carboxylic acids is 1. The van der Waals surface area contributed by atoms with Gasteiger partial charge < -0.3 is 10.4 Å². The number of benzene rings is 1. The van der Waals surface area contributed by atoms with E-state index in [1.807, 2.05) is 18.2 Å². The Morgan fingerprint density at radius 1 is 1.14 bits per heavy atom. The van der Waals surface area contributed by atoms with Gasteiger partial charge in [0.1, 0.15) is 12.1 Å². The molecule has 0 spiro atoms. The van der Waals surface area contributed by atoms with Crippen LogP contribution in [0.2, 0.25) is 0 Å². The predicted molar refractivity (Wildman–Crippen MR) is 78.1 cm³/mol. The molecular weight excluding hydrogens is 268 g/mol. The van der Waals surface area contributed by atoms with Gasteiger partial charge in [-0.15, -0.1) is 0 Å². The minimum atomic E-state index is -0.974. The monoisotopic (exact) mass is 280 g/mol. The Balaban J connectivity index is 1.90. The van der Waals surface area contributed by atoms with E-state index in [9.17, 15) is 4.79 Å². The molecule has 21 heavy (non-hydrogen) atoms. The van der Waals surface area contributed by atoms with Crippen molar-refractivity contribution in [3.8, 4) is 0 Å². The van der Waals surface area contributed by atoms with Crippen LogP contribution in [0, 0.1) is 0 Å². The van der Waals surface area contributed by atoms with Crippen LogP contribution >= 0.6 is 0 Å². The Hall–Kier alpha value is -3.02. The first kappa shape index (κ1) is 13.0. The summed E-state index contributed by atoms with van der Waals surface area (Å²) in [6, 6.07) is 10.5. The van der Waals surface area contributed by atoms with Crippen molar-refractivity contribution in [2.24, 2.45) is 0 Å². The first-order valence-corrected chi connectivity index (χ1v) is 6.36. The van der Waals surface area contributed by atoms with Gasteiger partial charge in [0.25, 0.3) is 0 Å². The third-order valence-electron chi connectivity index (χ3n) is 3.05. The van der Waals surface area contributed by atoms with E-state index in [1.54, 1.807) is 18.3 Å². The van der Waals surface area contributed by atoms with Crippen molar-refractivity contribution in [1.82, 2.24) is 15.0 Å². The molecule has 0 bridgehead atoms. The number of fused-ring (bicyclic) bond motifs is 1. The van der Waals surface area contributed by atoms with Crippen molar-refractivity contribution in [2.75, 3.05) is 5.32 Å². The Morgan fingerprint density at radius 3 is 2.81 bits per heavy atom. The van der Waals surface area contributed by atoms with Crippen molar-refractivity contribution < 1.29 is 9.90 Å². The molecule has 3 aromatic rings. The van der Waals surface area contributed by atoms with Crippen molar-refractivity contribution in [3.63, 3.8) is 0 Å². The van der Waals surface area contributed by atoms with Gasteiger partial charge >= 0.3 is 5.97 Å². The Labute approximate surface area is 120 Å². The number of rotatable bonds is 4. The molecule has 0 amide bonds. The zero-order valence-electron chi connectivity index (χ0n) is 11.0. The smallest absolute Gasteiger partial charge is 0.335 e.